The molecule has 1 aromatic rings. The van der Waals surface area contributed by atoms with Gasteiger partial charge in [-0.2, -0.15) is 0 Å². The molecule has 0 aliphatic rings. The van der Waals surface area contributed by atoms with E-state index in [1.807, 2.05) is 46.8 Å². The Kier molecular flexibility index (Phi) is 15.0. The zero-order valence-electron chi connectivity index (χ0n) is 11.3. The summed E-state index contributed by atoms with van der Waals surface area (Å²) in [6.07, 6.45) is 2.61. The lowest BCUT2D eigenvalue weighted by molar-refractivity contribution is 0.312. The van der Waals surface area contributed by atoms with E-state index in [4.69, 9.17) is 10.5 Å². The van der Waals surface area contributed by atoms with Crippen molar-refractivity contribution in [2.75, 3.05) is 13.2 Å². The van der Waals surface area contributed by atoms with Gasteiger partial charge in [0.25, 0.3) is 0 Å². The molecule has 1 aromatic heterocycles. The number of hydrogen-bond donors (Lipinski definition) is 1. The first-order valence-electron chi connectivity index (χ1n) is 6.08. The van der Waals surface area contributed by atoms with Gasteiger partial charge in [-0.1, -0.05) is 27.7 Å². The second kappa shape index (κ2) is 13.9. The first-order chi connectivity index (χ1) is 7.83. The Morgan fingerprint density at radius 3 is 2.31 bits per heavy atom. The monoisotopic (exact) mass is 228 g/mol. The molecule has 2 N–H and O–H groups in total. The molecule has 0 radical (unpaired) electrons. The van der Waals surface area contributed by atoms with Crippen LogP contribution >= 0.6 is 0 Å². The van der Waals surface area contributed by atoms with Crippen molar-refractivity contribution in [3.05, 3.63) is 24.0 Å². The number of ether oxygens (including phenoxy) is 1. The van der Waals surface area contributed by atoms with E-state index in [-0.39, 0.29) is 1.43 Å². The minimum Gasteiger partial charge on any atom is -0.492 e. The van der Waals surface area contributed by atoms with Crippen molar-refractivity contribution < 1.29 is 6.16 Å². The van der Waals surface area contributed by atoms with E-state index in [0.717, 1.165) is 17.9 Å². The Labute approximate surface area is 102 Å². The number of nitrogens with zero attached hydrogens (tertiary/aromatic N) is 1. The average molecular weight is 228 g/mol. The molecule has 0 amide bonds. The third-order valence-corrected chi connectivity index (χ3v) is 1.50. The smallest absolute Gasteiger partial charge is 0.137 e. The van der Waals surface area contributed by atoms with E-state index < -0.39 is 0 Å². The van der Waals surface area contributed by atoms with Gasteiger partial charge in [0.15, 0.2) is 0 Å². The molecule has 0 spiro atoms. The quantitative estimate of drug-likeness (QED) is 0.803. The molecular formula is C13H28N2O. The highest BCUT2D eigenvalue weighted by atomic mass is 16.5. The van der Waals surface area contributed by atoms with E-state index in [2.05, 4.69) is 4.98 Å². The van der Waals surface area contributed by atoms with Crippen molar-refractivity contribution in [1.82, 2.24) is 4.98 Å². The van der Waals surface area contributed by atoms with Crippen LogP contribution < -0.4 is 10.5 Å². The van der Waals surface area contributed by atoms with Crippen molar-refractivity contribution in [3.8, 4) is 5.75 Å². The van der Waals surface area contributed by atoms with Gasteiger partial charge in [-0.15, -0.1) is 0 Å². The van der Waals surface area contributed by atoms with Crippen molar-refractivity contribution in [3.63, 3.8) is 0 Å². The van der Waals surface area contributed by atoms with Crippen molar-refractivity contribution >= 4 is 0 Å². The summed E-state index contributed by atoms with van der Waals surface area (Å²) in [5.74, 6) is 0.814. The number of pyridine rings is 1. The minimum atomic E-state index is 0. The summed E-state index contributed by atoms with van der Waals surface area (Å²) in [5.41, 5.74) is 6.32. The minimum absolute atomic E-state index is 0. The number of nitrogens with two attached hydrogens (primary N) is 1. The van der Waals surface area contributed by atoms with E-state index in [1.165, 1.54) is 0 Å². The summed E-state index contributed by atoms with van der Waals surface area (Å²) < 4.78 is 5.36. The van der Waals surface area contributed by atoms with Gasteiger partial charge in [0.2, 0.25) is 0 Å². The lowest BCUT2D eigenvalue weighted by Crippen LogP contribution is -2.06. The fraction of sp³-hybridized carbons (Fsp3) is 0.615. The van der Waals surface area contributed by atoms with E-state index in [1.54, 1.807) is 6.20 Å². The molecule has 0 aliphatic carbocycles. The molecule has 0 saturated carbocycles. The zero-order valence-corrected chi connectivity index (χ0v) is 11.3. The molecule has 16 heavy (non-hydrogen) atoms. The molecule has 0 fully saturated rings. The fourth-order valence-electron chi connectivity index (χ4n) is 0.813. The standard InChI is InChI=1S/C9H14N2O.2C2H6.H2/c1-8-3-4-9(7-11-8)12-6-2-5-10;2*1-2;/h3-4,7H,2,5-6,10H2,1H3;2*1-2H3;1H. The molecule has 0 unspecified atom stereocenters. The first-order valence-corrected chi connectivity index (χ1v) is 6.08. The summed E-state index contributed by atoms with van der Waals surface area (Å²) in [7, 11) is 0. The van der Waals surface area contributed by atoms with Crippen molar-refractivity contribution in [1.29, 1.82) is 0 Å². The van der Waals surface area contributed by atoms with Crippen LogP contribution in [0.25, 0.3) is 0 Å². The lowest BCUT2D eigenvalue weighted by Gasteiger charge is -2.03. The van der Waals surface area contributed by atoms with Gasteiger partial charge in [0.1, 0.15) is 5.75 Å². The number of aromatic nitrogens is 1. The Morgan fingerprint density at radius 2 is 1.88 bits per heavy atom. The van der Waals surface area contributed by atoms with Gasteiger partial charge in [-0.3, -0.25) is 4.98 Å². The van der Waals surface area contributed by atoms with Crippen LogP contribution in [0.3, 0.4) is 0 Å². The molecule has 3 nitrogen and oxygen atoms in total. The second-order valence-electron chi connectivity index (χ2n) is 2.63. The summed E-state index contributed by atoms with van der Waals surface area (Å²) in [4.78, 5) is 4.10. The maximum Gasteiger partial charge on any atom is 0.137 e. The van der Waals surface area contributed by atoms with Crippen LogP contribution in [-0.4, -0.2) is 18.1 Å². The summed E-state index contributed by atoms with van der Waals surface area (Å²) in [6, 6.07) is 3.84. The summed E-state index contributed by atoms with van der Waals surface area (Å²) in [6.45, 7) is 11.3. The molecule has 0 aromatic carbocycles. The van der Waals surface area contributed by atoms with Gasteiger partial charge in [-0.05, 0) is 32.0 Å². The average Bonchev–Trinajstić information content (AvgIpc) is 2.37. The Hall–Kier alpha value is -1.09. The number of aryl methyl sites for hydroxylation is 1. The first kappa shape index (κ1) is 17.3. The topological polar surface area (TPSA) is 48.1 Å². The molecule has 1 heterocycles. The van der Waals surface area contributed by atoms with Crippen LogP contribution in [0.5, 0.6) is 5.75 Å². The normalized spacial score (nSPS) is 8.12. The van der Waals surface area contributed by atoms with Crippen molar-refractivity contribution in [2.45, 2.75) is 41.0 Å². The van der Waals surface area contributed by atoms with Crippen molar-refractivity contribution in [2.24, 2.45) is 5.73 Å². The maximum atomic E-state index is 5.36. The van der Waals surface area contributed by atoms with E-state index >= 15 is 0 Å². The van der Waals surface area contributed by atoms with Crippen LogP contribution in [0.4, 0.5) is 0 Å². The fourth-order valence-corrected chi connectivity index (χ4v) is 0.813. The van der Waals surface area contributed by atoms with Gasteiger partial charge in [0, 0.05) is 7.12 Å². The molecule has 1 rings (SSSR count). The predicted molar refractivity (Wildman–Crippen MR) is 73.0 cm³/mol. The van der Waals surface area contributed by atoms with Gasteiger partial charge in [-0.25, -0.2) is 0 Å². The zero-order chi connectivity index (χ0) is 12.8. The Bertz CT molecular complexity index is 227. The molecule has 0 aliphatic heterocycles. The third-order valence-electron chi connectivity index (χ3n) is 1.50. The summed E-state index contributed by atoms with van der Waals surface area (Å²) >= 11 is 0. The van der Waals surface area contributed by atoms with Crippen LogP contribution in [0, 0.1) is 6.92 Å². The van der Waals surface area contributed by atoms with E-state index in [0.29, 0.717) is 13.2 Å². The highest BCUT2D eigenvalue weighted by molar-refractivity contribution is 5.18. The van der Waals surface area contributed by atoms with Crippen LogP contribution in [0.2, 0.25) is 0 Å². The van der Waals surface area contributed by atoms with Crippen LogP contribution in [-0.2, 0) is 0 Å². The molecule has 3 heteroatoms. The van der Waals surface area contributed by atoms with Crippen LogP contribution in [0.1, 0.15) is 41.2 Å². The Balaban J connectivity index is -0.000000355. The largest absolute Gasteiger partial charge is 0.492 e. The maximum absolute atomic E-state index is 5.36. The van der Waals surface area contributed by atoms with E-state index in [9.17, 15) is 0 Å². The SMILES string of the molecule is CC.CC.Cc1ccc(OCCCN)cn1.[HH]. The molecule has 96 valence electrons. The van der Waals surface area contributed by atoms with Gasteiger partial charge >= 0.3 is 0 Å². The molecular weight excluding hydrogens is 200 g/mol. The molecule has 0 atom stereocenters. The third kappa shape index (κ3) is 9.46. The summed E-state index contributed by atoms with van der Waals surface area (Å²) in [5, 5.41) is 0. The number of hydrogen-bond acceptors (Lipinski definition) is 3. The number of rotatable bonds is 4. The van der Waals surface area contributed by atoms with Gasteiger partial charge in [0.05, 0.1) is 12.8 Å². The highest BCUT2D eigenvalue weighted by Gasteiger charge is 1.92. The second-order valence-corrected chi connectivity index (χ2v) is 2.63. The molecule has 0 bridgehead atoms. The highest BCUT2D eigenvalue weighted by Crippen LogP contribution is 2.08. The van der Waals surface area contributed by atoms with Gasteiger partial charge < -0.3 is 10.5 Å². The predicted octanol–water partition coefficient (Wildman–Crippen LogP) is 3.42. The Morgan fingerprint density at radius 1 is 1.25 bits per heavy atom. The lowest BCUT2D eigenvalue weighted by atomic mass is 10.4. The van der Waals surface area contributed by atoms with Crippen LogP contribution in [0.15, 0.2) is 18.3 Å². The molecule has 0 saturated heterocycles.